The van der Waals surface area contributed by atoms with E-state index in [9.17, 15) is 4.79 Å². The third-order valence-electron chi connectivity index (χ3n) is 4.07. The van der Waals surface area contributed by atoms with Gasteiger partial charge < -0.3 is 5.32 Å². The molecular weight excluding hydrogens is 362 g/mol. The third-order valence-corrected chi connectivity index (χ3v) is 4.32. The van der Waals surface area contributed by atoms with E-state index < -0.39 is 0 Å². The monoisotopic (exact) mass is 377 g/mol. The summed E-state index contributed by atoms with van der Waals surface area (Å²) in [7, 11) is 0. The van der Waals surface area contributed by atoms with Gasteiger partial charge in [-0.3, -0.25) is 14.6 Å². The Balaban J connectivity index is 1.70. The van der Waals surface area contributed by atoms with E-state index in [1.165, 1.54) is 0 Å². The fourth-order valence-electron chi connectivity index (χ4n) is 2.78. The quantitative estimate of drug-likeness (QED) is 0.546. The number of nitrogens with one attached hydrogen (secondary N) is 2. The molecule has 0 unspecified atom stereocenters. The third kappa shape index (κ3) is 3.91. The molecule has 4 rings (SSSR count). The molecule has 2 heterocycles. The first kappa shape index (κ1) is 17.1. The van der Waals surface area contributed by atoms with Gasteiger partial charge >= 0.3 is 0 Å². The molecule has 0 spiro atoms. The summed E-state index contributed by atoms with van der Waals surface area (Å²) < 4.78 is 1.77. The number of H-pyrrole nitrogens is 1. The van der Waals surface area contributed by atoms with Crippen molar-refractivity contribution in [3.63, 3.8) is 0 Å². The first-order chi connectivity index (χ1) is 13.2. The van der Waals surface area contributed by atoms with E-state index in [-0.39, 0.29) is 5.91 Å². The first-order valence-corrected chi connectivity index (χ1v) is 8.74. The lowest BCUT2D eigenvalue weighted by Crippen LogP contribution is -2.11. The summed E-state index contributed by atoms with van der Waals surface area (Å²) in [6.07, 6.45) is 4.93. The van der Waals surface area contributed by atoms with Crippen LogP contribution in [0.25, 0.3) is 11.3 Å². The largest absolute Gasteiger partial charge is 0.319 e. The Kier molecular flexibility index (Phi) is 4.72. The molecule has 0 fully saturated rings. The summed E-state index contributed by atoms with van der Waals surface area (Å²) >= 11 is 5.99. The van der Waals surface area contributed by atoms with E-state index in [1.807, 2.05) is 42.5 Å². The average molecular weight is 378 g/mol. The van der Waals surface area contributed by atoms with Crippen molar-refractivity contribution in [1.82, 2.24) is 20.0 Å². The van der Waals surface area contributed by atoms with Crippen LogP contribution in [-0.4, -0.2) is 25.9 Å². The van der Waals surface area contributed by atoms with Gasteiger partial charge in [0.2, 0.25) is 0 Å². The number of carbonyl (C=O) groups excluding carboxylic acids is 1. The number of rotatable bonds is 5. The zero-order valence-corrected chi connectivity index (χ0v) is 15.0. The standard InChI is InChI=1S/C20H16ClN5O/c21-16-8-6-15(7-9-16)19-18(20(27)24-17-10-22-23-11-17)13-26(25-19)12-14-4-2-1-3-5-14/h1-11,13H,12H2,(H,22,23)(H,24,27). The summed E-state index contributed by atoms with van der Waals surface area (Å²) in [4.78, 5) is 12.8. The van der Waals surface area contributed by atoms with Gasteiger partial charge in [-0.25, -0.2) is 0 Å². The molecule has 2 N–H and O–H groups in total. The zero-order chi connectivity index (χ0) is 18.6. The van der Waals surface area contributed by atoms with Crippen LogP contribution in [0.15, 0.2) is 73.2 Å². The number of nitrogens with zero attached hydrogens (tertiary/aromatic N) is 3. The highest BCUT2D eigenvalue weighted by molar-refractivity contribution is 6.30. The predicted molar refractivity (Wildman–Crippen MR) is 105 cm³/mol. The molecule has 4 aromatic rings. The Morgan fingerprint density at radius 1 is 1.11 bits per heavy atom. The summed E-state index contributed by atoms with van der Waals surface area (Å²) in [6.45, 7) is 0.570. The highest BCUT2D eigenvalue weighted by atomic mass is 35.5. The van der Waals surface area contributed by atoms with Crippen LogP contribution in [0.5, 0.6) is 0 Å². The van der Waals surface area contributed by atoms with Crippen LogP contribution in [-0.2, 0) is 6.54 Å². The van der Waals surface area contributed by atoms with E-state index >= 15 is 0 Å². The second-order valence-corrected chi connectivity index (χ2v) is 6.46. The highest BCUT2D eigenvalue weighted by Gasteiger charge is 2.18. The number of hydrogen-bond acceptors (Lipinski definition) is 3. The van der Waals surface area contributed by atoms with Gasteiger partial charge in [0.25, 0.3) is 5.91 Å². The fraction of sp³-hybridized carbons (Fsp3) is 0.0500. The molecule has 0 aliphatic rings. The summed E-state index contributed by atoms with van der Waals surface area (Å²) in [6, 6.07) is 17.2. The minimum absolute atomic E-state index is 0.249. The van der Waals surface area contributed by atoms with Crippen LogP contribution < -0.4 is 5.32 Å². The van der Waals surface area contributed by atoms with E-state index in [0.29, 0.717) is 28.5 Å². The van der Waals surface area contributed by atoms with Crippen molar-refractivity contribution in [2.24, 2.45) is 0 Å². The van der Waals surface area contributed by atoms with Gasteiger partial charge in [-0.2, -0.15) is 10.2 Å². The molecule has 6 nitrogen and oxygen atoms in total. The Bertz CT molecular complexity index is 1040. The van der Waals surface area contributed by atoms with E-state index in [0.717, 1.165) is 11.1 Å². The molecule has 0 saturated carbocycles. The molecule has 27 heavy (non-hydrogen) atoms. The van der Waals surface area contributed by atoms with Crippen molar-refractivity contribution >= 4 is 23.2 Å². The highest BCUT2D eigenvalue weighted by Crippen LogP contribution is 2.25. The number of aromatic nitrogens is 4. The molecule has 0 aliphatic heterocycles. The van der Waals surface area contributed by atoms with Crippen LogP contribution in [0.1, 0.15) is 15.9 Å². The van der Waals surface area contributed by atoms with Crippen molar-refractivity contribution in [2.75, 3.05) is 5.32 Å². The minimum Gasteiger partial charge on any atom is -0.319 e. The van der Waals surface area contributed by atoms with Gasteiger partial charge in [-0.15, -0.1) is 0 Å². The summed E-state index contributed by atoms with van der Waals surface area (Å²) in [5.74, 6) is -0.249. The maximum atomic E-state index is 12.8. The molecule has 0 aliphatic carbocycles. The van der Waals surface area contributed by atoms with Crippen molar-refractivity contribution in [1.29, 1.82) is 0 Å². The molecule has 0 bridgehead atoms. The molecule has 2 aromatic carbocycles. The molecule has 0 atom stereocenters. The van der Waals surface area contributed by atoms with E-state index in [1.54, 1.807) is 35.4 Å². The lowest BCUT2D eigenvalue weighted by atomic mass is 10.1. The molecule has 134 valence electrons. The molecule has 1 amide bonds. The Hall–Kier alpha value is -3.38. The van der Waals surface area contributed by atoms with Crippen LogP contribution in [0.4, 0.5) is 5.69 Å². The number of hydrogen-bond donors (Lipinski definition) is 2. The van der Waals surface area contributed by atoms with Gasteiger partial charge in [0.05, 0.1) is 24.0 Å². The molecular formula is C20H16ClN5O. The Morgan fingerprint density at radius 3 is 2.59 bits per heavy atom. The van der Waals surface area contributed by atoms with Crippen LogP contribution in [0.3, 0.4) is 0 Å². The lowest BCUT2D eigenvalue weighted by molar-refractivity contribution is 0.102. The first-order valence-electron chi connectivity index (χ1n) is 8.36. The van der Waals surface area contributed by atoms with Gasteiger partial charge in [-0.1, -0.05) is 54.1 Å². The summed E-state index contributed by atoms with van der Waals surface area (Å²) in [5, 5.41) is 14.6. The lowest BCUT2D eigenvalue weighted by Gasteiger charge is -2.03. The number of halogens is 1. The average Bonchev–Trinajstić information content (AvgIpc) is 3.33. The summed E-state index contributed by atoms with van der Waals surface area (Å²) in [5.41, 5.74) is 3.60. The zero-order valence-electron chi connectivity index (χ0n) is 14.3. The molecule has 7 heteroatoms. The second kappa shape index (κ2) is 7.47. The van der Waals surface area contributed by atoms with Gasteiger partial charge in [0.15, 0.2) is 0 Å². The number of benzene rings is 2. The number of anilines is 1. The van der Waals surface area contributed by atoms with E-state index in [2.05, 4.69) is 20.6 Å². The Labute approximate surface area is 160 Å². The maximum Gasteiger partial charge on any atom is 0.259 e. The number of aromatic amines is 1. The number of carbonyl (C=O) groups is 1. The smallest absolute Gasteiger partial charge is 0.259 e. The van der Waals surface area contributed by atoms with Gasteiger partial charge in [0, 0.05) is 23.0 Å². The second-order valence-electron chi connectivity index (χ2n) is 6.02. The Morgan fingerprint density at radius 2 is 1.89 bits per heavy atom. The van der Waals surface area contributed by atoms with Crippen LogP contribution in [0, 0.1) is 0 Å². The normalized spacial score (nSPS) is 10.7. The van der Waals surface area contributed by atoms with Crippen LogP contribution in [0.2, 0.25) is 5.02 Å². The minimum atomic E-state index is -0.249. The van der Waals surface area contributed by atoms with E-state index in [4.69, 9.17) is 11.6 Å². The molecule has 2 aromatic heterocycles. The maximum absolute atomic E-state index is 12.8. The molecule has 0 radical (unpaired) electrons. The number of amides is 1. The fourth-order valence-corrected chi connectivity index (χ4v) is 2.90. The van der Waals surface area contributed by atoms with Crippen molar-refractivity contribution in [3.05, 3.63) is 89.3 Å². The van der Waals surface area contributed by atoms with Gasteiger partial charge in [0.1, 0.15) is 5.69 Å². The van der Waals surface area contributed by atoms with Crippen LogP contribution >= 0.6 is 11.6 Å². The van der Waals surface area contributed by atoms with Crippen molar-refractivity contribution in [2.45, 2.75) is 6.54 Å². The van der Waals surface area contributed by atoms with Crippen molar-refractivity contribution < 1.29 is 4.79 Å². The topological polar surface area (TPSA) is 75.6 Å². The molecule has 0 saturated heterocycles. The SMILES string of the molecule is O=C(Nc1cn[nH]c1)c1cn(Cc2ccccc2)nc1-c1ccc(Cl)cc1. The predicted octanol–water partition coefficient (Wildman–Crippen LogP) is 4.23. The van der Waals surface area contributed by atoms with Crippen molar-refractivity contribution in [3.8, 4) is 11.3 Å². The van der Waals surface area contributed by atoms with Gasteiger partial charge in [-0.05, 0) is 17.7 Å².